The molecule has 1 spiro atoms. The zero-order valence-electron chi connectivity index (χ0n) is 18.0. The van der Waals surface area contributed by atoms with Crippen LogP contribution < -0.4 is 0 Å². The summed E-state index contributed by atoms with van der Waals surface area (Å²) >= 11 is 0. The van der Waals surface area contributed by atoms with E-state index in [9.17, 15) is 0 Å². The highest BCUT2D eigenvalue weighted by Gasteiger charge is 2.79. The predicted molar refractivity (Wildman–Crippen MR) is 110 cm³/mol. The maximum absolute atomic E-state index is 6.71. The summed E-state index contributed by atoms with van der Waals surface area (Å²) in [6.45, 7) is 11.0. The molecule has 6 aliphatic rings. The Morgan fingerprint density at radius 2 is 1.82 bits per heavy atom. The molecule has 5 fully saturated rings. The smallest absolute Gasteiger partial charge is 0.184 e. The molecule has 5 heteroatoms. The Balaban J connectivity index is 1.29. The van der Waals surface area contributed by atoms with Gasteiger partial charge < -0.3 is 18.6 Å². The molecule has 28 heavy (non-hydrogen) atoms. The lowest BCUT2D eigenvalue weighted by atomic mass is 9.54. The summed E-state index contributed by atoms with van der Waals surface area (Å²) in [6.07, 6.45) is 12.2. The van der Waals surface area contributed by atoms with Gasteiger partial charge in [0, 0.05) is 12.8 Å². The molecule has 0 radical (unpaired) electrons. The predicted octanol–water partition coefficient (Wildman–Crippen LogP) is 4.80. The molecule has 2 saturated heterocycles. The zero-order valence-corrected chi connectivity index (χ0v) is 19.0. The Bertz CT molecular complexity index is 723. The molecule has 4 aliphatic carbocycles. The second-order valence-electron chi connectivity index (χ2n) is 11.6. The second-order valence-corrected chi connectivity index (χ2v) is 16.1. The molecule has 0 aromatic heterocycles. The molecule has 0 amide bonds. The van der Waals surface area contributed by atoms with Gasteiger partial charge in [0.15, 0.2) is 14.1 Å². The van der Waals surface area contributed by atoms with Crippen molar-refractivity contribution in [3.05, 3.63) is 11.6 Å². The molecule has 4 nitrogen and oxygen atoms in total. The summed E-state index contributed by atoms with van der Waals surface area (Å²) in [5.41, 5.74) is 1.98. The van der Waals surface area contributed by atoms with Crippen molar-refractivity contribution in [1.29, 1.82) is 0 Å². The van der Waals surface area contributed by atoms with Crippen LogP contribution in [0, 0.1) is 17.3 Å². The fourth-order valence-corrected chi connectivity index (χ4v) is 9.15. The Kier molecular flexibility index (Phi) is 3.66. The van der Waals surface area contributed by atoms with Crippen LogP contribution in [0.15, 0.2) is 11.6 Å². The molecule has 0 aromatic rings. The molecule has 2 aliphatic heterocycles. The van der Waals surface area contributed by atoms with Crippen molar-refractivity contribution in [2.45, 2.75) is 101 Å². The zero-order chi connectivity index (χ0) is 19.4. The summed E-state index contributed by atoms with van der Waals surface area (Å²) in [6, 6.07) is 0. The molecule has 0 unspecified atom stereocenters. The fourth-order valence-electron chi connectivity index (χ4n) is 7.91. The van der Waals surface area contributed by atoms with Gasteiger partial charge in [-0.05, 0) is 81.0 Å². The van der Waals surface area contributed by atoms with Crippen molar-refractivity contribution in [3.8, 4) is 0 Å². The van der Waals surface area contributed by atoms with Crippen LogP contribution in [0.2, 0.25) is 19.6 Å². The highest BCUT2D eigenvalue weighted by molar-refractivity contribution is 6.69. The number of hydrogen-bond acceptors (Lipinski definition) is 4. The van der Waals surface area contributed by atoms with Crippen molar-refractivity contribution >= 4 is 8.32 Å². The van der Waals surface area contributed by atoms with Crippen molar-refractivity contribution < 1.29 is 18.6 Å². The van der Waals surface area contributed by atoms with Gasteiger partial charge in [0.2, 0.25) is 0 Å². The molecule has 2 heterocycles. The monoisotopic (exact) mass is 404 g/mol. The van der Waals surface area contributed by atoms with E-state index in [-0.39, 0.29) is 17.0 Å². The number of epoxide rings is 1. The summed E-state index contributed by atoms with van der Waals surface area (Å²) in [4.78, 5) is 0. The van der Waals surface area contributed by atoms with E-state index >= 15 is 0 Å². The van der Waals surface area contributed by atoms with E-state index in [1.165, 1.54) is 25.7 Å². The summed E-state index contributed by atoms with van der Waals surface area (Å²) in [5.74, 6) is 1.12. The van der Waals surface area contributed by atoms with Crippen LogP contribution in [-0.2, 0) is 18.6 Å². The minimum absolute atomic E-state index is 0.00149. The van der Waals surface area contributed by atoms with Crippen LogP contribution in [0.3, 0.4) is 0 Å². The molecular weight excluding hydrogens is 368 g/mol. The number of allylic oxidation sites excluding steroid dienone is 1. The van der Waals surface area contributed by atoms with Gasteiger partial charge in [0.25, 0.3) is 0 Å². The van der Waals surface area contributed by atoms with E-state index in [0.29, 0.717) is 17.4 Å². The highest BCUT2D eigenvalue weighted by atomic mass is 28.4. The minimum atomic E-state index is -1.52. The largest absolute Gasteiger partial charge is 0.414 e. The Morgan fingerprint density at radius 1 is 1.04 bits per heavy atom. The maximum Gasteiger partial charge on any atom is 0.184 e. The lowest BCUT2D eigenvalue weighted by Gasteiger charge is -2.50. The molecule has 156 valence electrons. The van der Waals surface area contributed by atoms with Crippen LogP contribution in [0.25, 0.3) is 0 Å². The van der Waals surface area contributed by atoms with Gasteiger partial charge in [-0.15, -0.1) is 0 Å². The first-order valence-corrected chi connectivity index (χ1v) is 15.0. The lowest BCUT2D eigenvalue weighted by molar-refractivity contribution is -0.185. The van der Waals surface area contributed by atoms with Crippen molar-refractivity contribution in [3.63, 3.8) is 0 Å². The van der Waals surface area contributed by atoms with E-state index in [1.807, 2.05) is 0 Å². The molecule has 3 saturated carbocycles. The molecular formula is C23H36O4Si. The van der Waals surface area contributed by atoms with Gasteiger partial charge in [0.1, 0.15) is 11.2 Å². The van der Waals surface area contributed by atoms with Gasteiger partial charge in [0.05, 0.1) is 19.3 Å². The topological polar surface area (TPSA) is 40.2 Å². The number of rotatable bonds is 2. The quantitative estimate of drug-likeness (QED) is 0.377. The van der Waals surface area contributed by atoms with Gasteiger partial charge in [-0.25, -0.2) is 0 Å². The van der Waals surface area contributed by atoms with E-state index in [0.717, 1.165) is 44.8 Å². The van der Waals surface area contributed by atoms with Crippen LogP contribution in [0.5, 0.6) is 0 Å². The molecule has 0 N–H and O–H groups in total. The Morgan fingerprint density at radius 3 is 2.57 bits per heavy atom. The average Bonchev–Trinajstić information content (AvgIpc) is 2.91. The molecule has 6 atom stereocenters. The fraction of sp³-hybridized carbons (Fsp3) is 0.913. The van der Waals surface area contributed by atoms with Gasteiger partial charge in [-0.2, -0.15) is 0 Å². The standard InChI is InChI=1S/C23H36O4Si/c1-20-9-8-18-16(17(20)5-6-19(20)26-28(2,3)4)7-10-21-15-22(24-13-14-25-22)11-12-23(18,21)27-21/h8,16-17,19H,5-7,9-15H2,1-4H3/t16-,17-,19-,20-,21-,23+/m0/s1. The van der Waals surface area contributed by atoms with Crippen LogP contribution in [-0.4, -0.2) is 44.6 Å². The third-order valence-electron chi connectivity index (χ3n) is 9.08. The third-order valence-corrected chi connectivity index (χ3v) is 10.1. The molecule has 0 bridgehead atoms. The minimum Gasteiger partial charge on any atom is -0.414 e. The average molecular weight is 405 g/mol. The second kappa shape index (κ2) is 5.53. The third kappa shape index (κ3) is 2.31. The van der Waals surface area contributed by atoms with E-state index in [4.69, 9.17) is 18.6 Å². The normalized spacial score (nSPS) is 51.1. The first kappa shape index (κ1) is 18.6. The van der Waals surface area contributed by atoms with Gasteiger partial charge in [-0.1, -0.05) is 13.0 Å². The van der Waals surface area contributed by atoms with Crippen molar-refractivity contribution in [2.75, 3.05) is 13.2 Å². The van der Waals surface area contributed by atoms with Gasteiger partial charge in [-0.3, -0.25) is 0 Å². The Hall–Kier alpha value is -0.203. The lowest BCUT2D eigenvalue weighted by Crippen LogP contribution is -2.52. The SMILES string of the molecule is C[C@]12CC=C3[C@@H](CC[C@]45CC6(CC[C@@]34O5)OCCO6)[C@@H]1CC[C@@H]2O[Si](C)(C)C. The molecule has 6 rings (SSSR count). The van der Waals surface area contributed by atoms with Crippen LogP contribution in [0.4, 0.5) is 0 Å². The first-order chi connectivity index (χ1) is 13.2. The van der Waals surface area contributed by atoms with Crippen LogP contribution in [0.1, 0.15) is 58.3 Å². The Labute approximate surface area is 170 Å². The van der Waals surface area contributed by atoms with Crippen molar-refractivity contribution in [1.82, 2.24) is 0 Å². The van der Waals surface area contributed by atoms with Crippen molar-refractivity contribution in [2.24, 2.45) is 17.3 Å². The molecule has 0 aromatic carbocycles. The summed E-state index contributed by atoms with van der Waals surface area (Å²) < 4.78 is 25.5. The highest BCUT2D eigenvalue weighted by Crippen LogP contribution is 2.73. The maximum atomic E-state index is 6.71. The summed E-state index contributed by atoms with van der Waals surface area (Å²) in [7, 11) is -1.52. The van der Waals surface area contributed by atoms with E-state index in [1.54, 1.807) is 5.57 Å². The number of hydrogen-bond donors (Lipinski definition) is 0. The first-order valence-electron chi connectivity index (χ1n) is 11.6. The number of ether oxygens (including phenoxy) is 3. The van der Waals surface area contributed by atoms with Gasteiger partial charge >= 0.3 is 0 Å². The van der Waals surface area contributed by atoms with E-state index < -0.39 is 8.32 Å². The van der Waals surface area contributed by atoms with E-state index in [2.05, 4.69) is 32.6 Å². The van der Waals surface area contributed by atoms with Crippen LogP contribution >= 0.6 is 0 Å². The summed E-state index contributed by atoms with van der Waals surface area (Å²) in [5, 5.41) is 0. The number of fused-ring (bicyclic) bond motifs is 3.